The number of ether oxygens (including phenoxy) is 1. The first-order valence-corrected chi connectivity index (χ1v) is 9.87. The molecule has 0 unspecified atom stereocenters. The van der Waals surface area contributed by atoms with E-state index in [-0.39, 0.29) is 18.9 Å². The van der Waals surface area contributed by atoms with E-state index < -0.39 is 15.9 Å². The summed E-state index contributed by atoms with van der Waals surface area (Å²) in [5.41, 5.74) is 0.945. The van der Waals surface area contributed by atoms with Gasteiger partial charge in [0.2, 0.25) is 10.0 Å². The van der Waals surface area contributed by atoms with Gasteiger partial charge in [0.1, 0.15) is 12.4 Å². The minimum atomic E-state index is -3.69. The molecule has 0 radical (unpaired) electrons. The monoisotopic (exact) mass is 429 g/mol. The highest BCUT2D eigenvalue weighted by Gasteiger charge is 2.35. The largest absolute Gasteiger partial charge is 0.491 e. The Morgan fingerprint density at radius 1 is 1.21 bits per heavy atom. The number of rotatable bonds is 4. The third-order valence-corrected chi connectivity index (χ3v) is 6.14. The van der Waals surface area contributed by atoms with Gasteiger partial charge < -0.3 is 4.74 Å². The molecule has 0 saturated heterocycles. The van der Waals surface area contributed by atoms with Gasteiger partial charge in [0.25, 0.3) is 5.91 Å². The molecule has 0 atom stereocenters. The van der Waals surface area contributed by atoms with Crippen LogP contribution in [0.2, 0.25) is 5.02 Å². The van der Waals surface area contributed by atoms with Crippen molar-refractivity contribution in [3.05, 3.63) is 63.1 Å². The van der Waals surface area contributed by atoms with Crippen molar-refractivity contribution in [2.45, 2.75) is 5.75 Å². The van der Waals surface area contributed by atoms with E-state index in [4.69, 9.17) is 16.3 Å². The van der Waals surface area contributed by atoms with Gasteiger partial charge in [-0.25, -0.2) is 12.7 Å². The summed E-state index contributed by atoms with van der Waals surface area (Å²) in [6, 6.07) is 11.7. The number of hydrogen-bond acceptors (Lipinski definition) is 4. The van der Waals surface area contributed by atoms with E-state index in [0.717, 1.165) is 4.31 Å². The Labute approximate surface area is 153 Å². The lowest BCUT2D eigenvalue weighted by molar-refractivity contribution is 0.0840. The molecule has 1 heterocycles. The van der Waals surface area contributed by atoms with Gasteiger partial charge in [-0.1, -0.05) is 29.8 Å². The van der Waals surface area contributed by atoms with Gasteiger partial charge in [-0.2, -0.15) is 0 Å². The maximum Gasteiger partial charge on any atom is 0.267 e. The molecule has 126 valence electrons. The van der Waals surface area contributed by atoms with Crippen molar-refractivity contribution >= 4 is 43.5 Å². The number of sulfonamides is 1. The van der Waals surface area contributed by atoms with Crippen molar-refractivity contribution < 1.29 is 17.9 Å². The van der Waals surface area contributed by atoms with Gasteiger partial charge in [0.05, 0.1) is 16.8 Å². The summed E-state index contributed by atoms with van der Waals surface area (Å²) in [6.45, 7) is -0.00205. The van der Waals surface area contributed by atoms with Gasteiger partial charge in [-0.15, -0.1) is 0 Å². The molecule has 0 aromatic heterocycles. The summed E-state index contributed by atoms with van der Waals surface area (Å²) in [6.07, 6.45) is 0. The molecule has 0 saturated carbocycles. The number of carbonyl (C=O) groups is 1. The Morgan fingerprint density at radius 2 is 1.96 bits per heavy atom. The lowest BCUT2D eigenvalue weighted by Crippen LogP contribution is -2.44. The van der Waals surface area contributed by atoms with Crippen LogP contribution in [0.25, 0.3) is 0 Å². The van der Waals surface area contributed by atoms with E-state index >= 15 is 0 Å². The van der Waals surface area contributed by atoms with Crippen molar-refractivity contribution in [3.63, 3.8) is 0 Å². The summed E-state index contributed by atoms with van der Waals surface area (Å²) in [7, 11) is -3.69. The van der Waals surface area contributed by atoms with E-state index in [0.29, 0.717) is 26.4 Å². The van der Waals surface area contributed by atoms with Gasteiger partial charge in [-0.05, 0) is 45.8 Å². The minimum Gasteiger partial charge on any atom is -0.491 e. The van der Waals surface area contributed by atoms with E-state index in [1.165, 1.54) is 0 Å². The molecular formula is C16H13BrClNO4S. The number of hydrogen-bond donors (Lipinski definition) is 0. The molecule has 24 heavy (non-hydrogen) atoms. The zero-order valence-electron chi connectivity index (χ0n) is 12.4. The molecule has 0 fully saturated rings. The fraction of sp³-hybridized carbons (Fsp3) is 0.188. The summed E-state index contributed by atoms with van der Waals surface area (Å²) in [5.74, 6) is -0.170. The Hall–Kier alpha value is -1.57. The topological polar surface area (TPSA) is 63.7 Å². The maximum atomic E-state index is 12.5. The summed E-state index contributed by atoms with van der Waals surface area (Å²) in [5, 5.41) is 0.555. The van der Waals surface area contributed by atoms with Crippen LogP contribution in [0, 0.1) is 0 Å². The number of fused-ring (bicyclic) bond motifs is 1. The average molecular weight is 431 g/mol. The predicted molar refractivity (Wildman–Crippen MR) is 94.7 cm³/mol. The Morgan fingerprint density at radius 3 is 2.71 bits per heavy atom. The normalized spacial score (nSPS) is 15.9. The first kappa shape index (κ1) is 17.3. The number of benzene rings is 2. The van der Waals surface area contributed by atoms with Crippen LogP contribution in [0.3, 0.4) is 0 Å². The average Bonchev–Trinajstić information content (AvgIpc) is 2.52. The van der Waals surface area contributed by atoms with Crippen molar-refractivity contribution in [1.29, 1.82) is 0 Å². The van der Waals surface area contributed by atoms with Crippen molar-refractivity contribution in [2.24, 2.45) is 0 Å². The second-order valence-corrected chi connectivity index (χ2v) is 8.40. The lowest BCUT2D eigenvalue weighted by atomic mass is 10.1. The van der Waals surface area contributed by atoms with Crippen LogP contribution < -0.4 is 4.74 Å². The highest BCUT2D eigenvalue weighted by atomic mass is 79.9. The number of carbonyl (C=O) groups excluding carboxylic acids is 1. The molecule has 0 aliphatic carbocycles. The highest BCUT2D eigenvalue weighted by Crippen LogP contribution is 2.28. The molecule has 2 aromatic rings. The summed E-state index contributed by atoms with van der Waals surface area (Å²) in [4.78, 5) is 12.5. The van der Waals surface area contributed by atoms with Crippen LogP contribution in [0.1, 0.15) is 15.9 Å². The van der Waals surface area contributed by atoms with E-state index in [2.05, 4.69) is 15.9 Å². The summed E-state index contributed by atoms with van der Waals surface area (Å²) < 4.78 is 31.8. The smallest absolute Gasteiger partial charge is 0.267 e. The van der Waals surface area contributed by atoms with Crippen LogP contribution in [-0.2, 0) is 15.8 Å². The van der Waals surface area contributed by atoms with Gasteiger partial charge in [0.15, 0.2) is 0 Å². The molecule has 0 N–H and O–H groups in total. The molecule has 2 aromatic carbocycles. The van der Waals surface area contributed by atoms with Crippen molar-refractivity contribution in [2.75, 3.05) is 13.2 Å². The Balaban J connectivity index is 1.74. The van der Waals surface area contributed by atoms with Crippen LogP contribution in [0.4, 0.5) is 0 Å². The maximum absolute atomic E-state index is 12.5. The molecule has 5 nitrogen and oxygen atoms in total. The van der Waals surface area contributed by atoms with Crippen molar-refractivity contribution in [3.8, 4) is 5.75 Å². The molecule has 1 amide bonds. The zero-order chi connectivity index (χ0) is 17.3. The molecule has 1 aliphatic heterocycles. The first-order chi connectivity index (χ1) is 11.4. The van der Waals surface area contributed by atoms with Crippen LogP contribution in [0.5, 0.6) is 5.75 Å². The standard InChI is InChI=1S/C16H13BrClNO4S/c17-14-9-12(18)5-6-15(14)23-8-7-19-16(20)13-4-2-1-3-11(13)10-24(19,21)22/h1-6,9H,7-8,10H2. The predicted octanol–water partition coefficient (Wildman–Crippen LogP) is 3.47. The van der Waals surface area contributed by atoms with Crippen LogP contribution in [0.15, 0.2) is 46.9 Å². The fourth-order valence-corrected chi connectivity index (χ4v) is 4.76. The third kappa shape index (κ3) is 3.43. The molecule has 1 aliphatic rings. The fourth-order valence-electron chi connectivity index (χ4n) is 2.46. The molecule has 0 bridgehead atoms. The van der Waals surface area contributed by atoms with Gasteiger partial charge in [-0.3, -0.25) is 4.79 Å². The molecule has 8 heteroatoms. The summed E-state index contributed by atoms with van der Waals surface area (Å²) >= 11 is 9.18. The van der Waals surface area contributed by atoms with E-state index in [9.17, 15) is 13.2 Å². The van der Waals surface area contributed by atoms with Crippen LogP contribution >= 0.6 is 27.5 Å². The second kappa shape index (κ2) is 6.74. The second-order valence-electron chi connectivity index (χ2n) is 5.21. The van der Waals surface area contributed by atoms with Crippen LogP contribution in [-0.4, -0.2) is 31.8 Å². The van der Waals surface area contributed by atoms with Gasteiger partial charge in [0, 0.05) is 10.6 Å². The Bertz CT molecular complexity index is 901. The van der Waals surface area contributed by atoms with E-state index in [1.54, 1.807) is 42.5 Å². The third-order valence-electron chi connectivity index (χ3n) is 3.59. The number of halogens is 2. The number of amides is 1. The quantitative estimate of drug-likeness (QED) is 0.745. The molecule has 3 rings (SSSR count). The van der Waals surface area contributed by atoms with Gasteiger partial charge >= 0.3 is 0 Å². The zero-order valence-corrected chi connectivity index (χ0v) is 15.6. The lowest BCUT2D eigenvalue weighted by Gasteiger charge is -2.28. The number of nitrogens with zero attached hydrogens (tertiary/aromatic N) is 1. The Kier molecular flexibility index (Phi) is 4.85. The van der Waals surface area contributed by atoms with Crippen molar-refractivity contribution in [1.82, 2.24) is 4.31 Å². The molecular weight excluding hydrogens is 418 g/mol. The minimum absolute atomic E-state index is 0.0490. The first-order valence-electron chi connectivity index (χ1n) is 7.09. The van der Waals surface area contributed by atoms with E-state index in [1.807, 2.05) is 0 Å². The highest BCUT2D eigenvalue weighted by molar-refractivity contribution is 9.10. The molecule has 0 spiro atoms. The SMILES string of the molecule is O=C1c2ccccc2CS(=O)(=O)N1CCOc1ccc(Cl)cc1Br.